The number of hydrogen-bond donors (Lipinski definition) is 1. The molecule has 0 aliphatic heterocycles. The van der Waals surface area contributed by atoms with Gasteiger partial charge in [0.25, 0.3) is 0 Å². The molecule has 0 unspecified atom stereocenters. The van der Waals surface area contributed by atoms with Gasteiger partial charge in [-0.15, -0.1) is 10.2 Å². The predicted molar refractivity (Wildman–Crippen MR) is 87.2 cm³/mol. The Labute approximate surface area is 138 Å². The van der Waals surface area contributed by atoms with Crippen LogP contribution in [-0.2, 0) is 6.42 Å². The summed E-state index contributed by atoms with van der Waals surface area (Å²) in [5.41, 5.74) is 1.87. The predicted octanol–water partition coefficient (Wildman–Crippen LogP) is 3.36. The molecule has 0 spiro atoms. The number of carbonyl (C=O) groups excluding carboxylic acids is 1. The first-order chi connectivity index (χ1) is 11.2. The van der Waals surface area contributed by atoms with E-state index in [2.05, 4.69) is 15.5 Å². The fourth-order valence-corrected chi connectivity index (χ4v) is 2.19. The van der Waals surface area contributed by atoms with Gasteiger partial charge in [0.2, 0.25) is 5.89 Å². The Hall–Kier alpha value is -2.66. The molecule has 3 aromatic rings. The Kier molecular flexibility index (Phi) is 4.68. The van der Waals surface area contributed by atoms with Gasteiger partial charge in [0.15, 0.2) is 0 Å². The van der Waals surface area contributed by atoms with Crippen molar-refractivity contribution in [3.63, 3.8) is 0 Å². The number of nitrogens with zero attached hydrogens (tertiary/aromatic N) is 2. The summed E-state index contributed by atoms with van der Waals surface area (Å²) in [4.78, 5) is 12.0. The zero-order chi connectivity index (χ0) is 16.1. The van der Waals surface area contributed by atoms with Gasteiger partial charge < -0.3 is 9.73 Å². The van der Waals surface area contributed by atoms with Crippen molar-refractivity contribution in [1.82, 2.24) is 15.5 Å². The normalized spacial score (nSPS) is 10.5. The summed E-state index contributed by atoms with van der Waals surface area (Å²) in [6, 6.07) is 16.8. The molecule has 0 bridgehead atoms. The lowest BCUT2D eigenvalue weighted by atomic mass is 10.1. The zero-order valence-electron chi connectivity index (χ0n) is 12.2. The molecule has 1 heterocycles. The topological polar surface area (TPSA) is 68.0 Å². The number of carbonyl (C=O) groups is 1. The minimum Gasteiger partial charge on any atom is -0.412 e. The number of aromatic nitrogens is 2. The first-order valence-corrected chi connectivity index (χ1v) is 7.52. The number of benzene rings is 2. The number of hydrogen-bond acceptors (Lipinski definition) is 4. The van der Waals surface area contributed by atoms with Gasteiger partial charge in [0, 0.05) is 17.1 Å². The van der Waals surface area contributed by atoms with Gasteiger partial charge >= 0.3 is 11.8 Å². The van der Waals surface area contributed by atoms with E-state index in [9.17, 15) is 4.79 Å². The molecule has 3 rings (SSSR count). The molecule has 0 saturated heterocycles. The van der Waals surface area contributed by atoms with E-state index in [-0.39, 0.29) is 11.8 Å². The van der Waals surface area contributed by atoms with Crippen molar-refractivity contribution in [1.29, 1.82) is 0 Å². The number of halogens is 1. The molecule has 2 aromatic carbocycles. The molecule has 23 heavy (non-hydrogen) atoms. The van der Waals surface area contributed by atoms with Gasteiger partial charge in [0.05, 0.1) is 0 Å². The third-order valence-electron chi connectivity index (χ3n) is 3.25. The largest absolute Gasteiger partial charge is 0.412 e. The van der Waals surface area contributed by atoms with Crippen LogP contribution in [0.1, 0.15) is 16.2 Å². The van der Waals surface area contributed by atoms with Crippen LogP contribution >= 0.6 is 11.6 Å². The molecule has 1 N–H and O–H groups in total. The van der Waals surface area contributed by atoms with Crippen LogP contribution in [0.4, 0.5) is 0 Å². The highest BCUT2D eigenvalue weighted by atomic mass is 35.5. The van der Waals surface area contributed by atoms with Crippen LogP contribution in [0.3, 0.4) is 0 Å². The molecule has 1 amide bonds. The van der Waals surface area contributed by atoms with E-state index in [1.165, 1.54) is 0 Å². The Balaban J connectivity index is 1.56. The van der Waals surface area contributed by atoms with Crippen LogP contribution in [0.2, 0.25) is 5.02 Å². The Morgan fingerprint density at radius 1 is 1.04 bits per heavy atom. The van der Waals surface area contributed by atoms with Gasteiger partial charge in [-0.2, -0.15) is 0 Å². The first kappa shape index (κ1) is 15.2. The van der Waals surface area contributed by atoms with E-state index in [1.807, 2.05) is 54.6 Å². The standard InChI is InChI=1S/C17H14ClN3O2/c18-14-8-6-12(7-9-14)10-11-19-15(22)17-21-20-16(23-17)13-4-2-1-3-5-13/h1-9H,10-11H2,(H,19,22). The second-order valence-electron chi connectivity index (χ2n) is 4.91. The molecule has 1 aromatic heterocycles. The maximum Gasteiger partial charge on any atom is 0.308 e. The molecule has 0 aliphatic rings. The average molecular weight is 328 g/mol. The quantitative estimate of drug-likeness (QED) is 0.780. The van der Waals surface area contributed by atoms with E-state index in [4.69, 9.17) is 16.0 Å². The fraction of sp³-hybridized carbons (Fsp3) is 0.118. The van der Waals surface area contributed by atoms with Crippen molar-refractivity contribution in [3.05, 3.63) is 71.1 Å². The van der Waals surface area contributed by atoms with Crippen molar-refractivity contribution in [2.45, 2.75) is 6.42 Å². The molecule has 0 radical (unpaired) electrons. The smallest absolute Gasteiger partial charge is 0.308 e. The summed E-state index contributed by atoms with van der Waals surface area (Å²) < 4.78 is 5.40. The summed E-state index contributed by atoms with van der Waals surface area (Å²) in [5.74, 6) is -0.0953. The fourth-order valence-electron chi connectivity index (χ4n) is 2.06. The highest BCUT2D eigenvalue weighted by molar-refractivity contribution is 6.30. The monoisotopic (exact) mass is 327 g/mol. The Morgan fingerprint density at radius 3 is 2.52 bits per heavy atom. The van der Waals surface area contributed by atoms with Crippen molar-refractivity contribution in [3.8, 4) is 11.5 Å². The Bertz CT molecular complexity index is 785. The minimum absolute atomic E-state index is 0.0417. The van der Waals surface area contributed by atoms with Gasteiger partial charge in [-0.3, -0.25) is 4.79 Å². The molecule has 0 fully saturated rings. The molecular formula is C17H14ClN3O2. The summed E-state index contributed by atoms with van der Waals surface area (Å²) in [5, 5.41) is 11.1. The summed E-state index contributed by atoms with van der Waals surface area (Å²) in [7, 11) is 0. The maximum atomic E-state index is 12.0. The highest BCUT2D eigenvalue weighted by Gasteiger charge is 2.15. The van der Waals surface area contributed by atoms with Gasteiger partial charge in [-0.25, -0.2) is 0 Å². The third kappa shape index (κ3) is 3.96. The van der Waals surface area contributed by atoms with E-state index in [1.54, 1.807) is 0 Å². The van der Waals surface area contributed by atoms with Crippen LogP contribution in [0, 0.1) is 0 Å². The lowest BCUT2D eigenvalue weighted by molar-refractivity contribution is 0.0920. The maximum absolute atomic E-state index is 12.0. The second kappa shape index (κ2) is 7.07. The number of nitrogens with one attached hydrogen (secondary N) is 1. The van der Waals surface area contributed by atoms with Gasteiger partial charge in [-0.05, 0) is 36.2 Å². The molecule has 5 nitrogen and oxygen atoms in total. The molecule has 0 saturated carbocycles. The Morgan fingerprint density at radius 2 is 1.78 bits per heavy atom. The van der Waals surface area contributed by atoms with Crippen molar-refractivity contribution in [2.75, 3.05) is 6.54 Å². The molecule has 116 valence electrons. The minimum atomic E-state index is -0.381. The van der Waals surface area contributed by atoms with Crippen LogP contribution in [0.5, 0.6) is 0 Å². The lowest BCUT2D eigenvalue weighted by Gasteiger charge is -2.03. The van der Waals surface area contributed by atoms with Crippen molar-refractivity contribution in [2.24, 2.45) is 0 Å². The van der Waals surface area contributed by atoms with Crippen molar-refractivity contribution < 1.29 is 9.21 Å². The number of amides is 1. The van der Waals surface area contributed by atoms with E-state index < -0.39 is 0 Å². The van der Waals surface area contributed by atoms with Crippen LogP contribution in [-0.4, -0.2) is 22.6 Å². The van der Waals surface area contributed by atoms with Crippen LogP contribution in [0.15, 0.2) is 59.0 Å². The van der Waals surface area contributed by atoms with E-state index >= 15 is 0 Å². The number of rotatable bonds is 5. The lowest BCUT2D eigenvalue weighted by Crippen LogP contribution is -2.26. The van der Waals surface area contributed by atoms with Crippen molar-refractivity contribution >= 4 is 17.5 Å². The summed E-state index contributed by atoms with van der Waals surface area (Å²) in [6.45, 7) is 0.476. The van der Waals surface area contributed by atoms with Gasteiger partial charge in [0.1, 0.15) is 0 Å². The van der Waals surface area contributed by atoms with Crippen LogP contribution in [0.25, 0.3) is 11.5 Å². The SMILES string of the molecule is O=C(NCCc1ccc(Cl)cc1)c1nnc(-c2ccccc2)o1. The molecule has 6 heteroatoms. The second-order valence-corrected chi connectivity index (χ2v) is 5.35. The van der Waals surface area contributed by atoms with Crippen LogP contribution < -0.4 is 5.32 Å². The molecule has 0 atom stereocenters. The van der Waals surface area contributed by atoms with E-state index in [0.29, 0.717) is 23.9 Å². The zero-order valence-corrected chi connectivity index (χ0v) is 13.0. The summed E-state index contributed by atoms with van der Waals surface area (Å²) >= 11 is 5.83. The average Bonchev–Trinajstić information content (AvgIpc) is 3.07. The van der Waals surface area contributed by atoms with Gasteiger partial charge in [-0.1, -0.05) is 41.9 Å². The third-order valence-corrected chi connectivity index (χ3v) is 3.50. The van der Waals surface area contributed by atoms with E-state index in [0.717, 1.165) is 11.1 Å². The first-order valence-electron chi connectivity index (χ1n) is 7.14. The summed E-state index contributed by atoms with van der Waals surface area (Å²) in [6.07, 6.45) is 0.697. The molecule has 0 aliphatic carbocycles. The highest BCUT2D eigenvalue weighted by Crippen LogP contribution is 2.16. The molecular weight excluding hydrogens is 314 g/mol.